The Labute approximate surface area is 277 Å². The van der Waals surface area contributed by atoms with Crippen LogP contribution in [0.2, 0.25) is 0 Å². The first-order chi connectivity index (χ1) is 22.8. The number of para-hydroxylation sites is 2. The van der Waals surface area contributed by atoms with E-state index in [1.165, 1.54) is 35.7 Å². The minimum absolute atomic E-state index is 0.174. The van der Waals surface area contributed by atoms with Crippen LogP contribution in [-0.2, 0) is 9.74 Å². The second-order valence-electron chi connectivity index (χ2n) is 11.1. The molecule has 2 unspecified atom stereocenters. The molecular formula is C34H29F4N5O2S2. The monoisotopic (exact) mass is 679 g/mol. The highest BCUT2D eigenvalue weighted by molar-refractivity contribution is 8.15. The van der Waals surface area contributed by atoms with Crippen LogP contribution in [0.15, 0.2) is 95.1 Å². The second kappa shape index (κ2) is 12.8. The highest BCUT2D eigenvalue weighted by atomic mass is 32.2. The Hall–Kier alpha value is -4.20. The number of benzene rings is 4. The first-order valence-electron chi connectivity index (χ1n) is 15.0. The number of nitrogens with two attached hydrogens (primary N) is 1. The molecule has 0 saturated heterocycles. The van der Waals surface area contributed by atoms with E-state index < -0.39 is 33.0 Å². The van der Waals surface area contributed by atoms with E-state index in [1.54, 1.807) is 0 Å². The Morgan fingerprint density at radius 3 is 2.02 bits per heavy atom. The summed E-state index contributed by atoms with van der Waals surface area (Å²) in [6.07, 6.45) is 1.37. The maximum Gasteiger partial charge on any atom is 0.141 e. The maximum absolute atomic E-state index is 14.3. The molecule has 0 bridgehead atoms. The topological polar surface area (TPSA) is 84.5 Å². The molecule has 0 amide bonds. The zero-order chi connectivity index (χ0) is 32.6. The molecule has 8 rings (SSSR count). The first kappa shape index (κ1) is 31.4. The highest BCUT2D eigenvalue weighted by Gasteiger charge is 2.49. The van der Waals surface area contributed by atoms with Crippen molar-refractivity contribution in [1.29, 1.82) is 0 Å². The molecule has 0 aliphatic carbocycles. The average molecular weight is 680 g/mol. The predicted molar refractivity (Wildman–Crippen MR) is 176 cm³/mol. The van der Waals surface area contributed by atoms with Gasteiger partial charge in [-0.1, -0.05) is 59.9 Å². The number of hydrogen-bond donors (Lipinski definition) is 2. The number of fused-ring (bicyclic) bond motifs is 4. The number of hydrazone groups is 2. The van der Waals surface area contributed by atoms with Crippen molar-refractivity contribution >= 4 is 33.6 Å². The summed E-state index contributed by atoms with van der Waals surface area (Å²) in [5.74, 6) is -0.347. The summed E-state index contributed by atoms with van der Waals surface area (Å²) in [6, 6.07) is 22.3. The quantitative estimate of drug-likeness (QED) is 0.228. The summed E-state index contributed by atoms with van der Waals surface area (Å²) in [6.45, 7) is 2.00. The SMILES string of the molecule is Fc1ccc(F)c(C2=NNC3(CCOc4ccccc43)S2)c1.NCCN1N=C(c2cc(F)ccc2F)SC12CCOc1ccccc12. The molecule has 4 aliphatic heterocycles. The molecule has 0 aromatic heterocycles. The molecular weight excluding hydrogens is 651 g/mol. The Morgan fingerprint density at radius 1 is 0.745 bits per heavy atom. The number of halogens is 4. The van der Waals surface area contributed by atoms with Crippen molar-refractivity contribution in [2.75, 3.05) is 26.3 Å². The largest absolute Gasteiger partial charge is 0.493 e. The molecule has 4 aliphatic rings. The minimum atomic E-state index is -0.512. The van der Waals surface area contributed by atoms with Crippen LogP contribution >= 0.6 is 23.5 Å². The van der Waals surface area contributed by atoms with Gasteiger partial charge in [-0.3, -0.25) is 10.4 Å². The Balaban J connectivity index is 0.000000151. The van der Waals surface area contributed by atoms with Gasteiger partial charge in [-0.15, -0.1) is 0 Å². The van der Waals surface area contributed by atoms with Gasteiger partial charge >= 0.3 is 0 Å². The number of rotatable bonds is 4. The van der Waals surface area contributed by atoms with E-state index in [9.17, 15) is 17.6 Å². The van der Waals surface area contributed by atoms with E-state index in [4.69, 9.17) is 15.2 Å². The zero-order valence-electron chi connectivity index (χ0n) is 24.9. The predicted octanol–water partition coefficient (Wildman–Crippen LogP) is 6.87. The van der Waals surface area contributed by atoms with Crippen molar-refractivity contribution in [2.45, 2.75) is 22.6 Å². The standard InChI is InChI=1S/C18H17F2N3OS.C16H12F2N2OS/c19-12-5-6-15(20)13(11-12)17-22-23(9-8-21)18(25-17)7-10-24-16-4-2-1-3-14(16)18;17-10-5-6-13(18)11(9-10)15-19-20-16(22-15)7-8-21-14-4-2-1-3-12(14)16/h1-6,11H,7-10,21H2;1-6,9,20H,7-8H2. The van der Waals surface area contributed by atoms with Crippen molar-refractivity contribution in [3.05, 3.63) is 130 Å². The molecule has 4 heterocycles. The second-order valence-corrected chi connectivity index (χ2v) is 13.7. The van der Waals surface area contributed by atoms with Gasteiger partial charge in [-0.25, -0.2) is 17.6 Å². The molecule has 47 heavy (non-hydrogen) atoms. The van der Waals surface area contributed by atoms with Crippen LogP contribution in [0.1, 0.15) is 35.1 Å². The van der Waals surface area contributed by atoms with E-state index in [1.807, 2.05) is 53.5 Å². The van der Waals surface area contributed by atoms with Crippen molar-refractivity contribution in [3.8, 4) is 11.5 Å². The summed E-state index contributed by atoms with van der Waals surface area (Å²) in [5.41, 5.74) is 11.2. The van der Waals surface area contributed by atoms with Crippen LogP contribution in [0.4, 0.5) is 17.6 Å². The Morgan fingerprint density at radius 2 is 1.34 bits per heavy atom. The molecule has 3 N–H and O–H groups in total. The summed E-state index contributed by atoms with van der Waals surface area (Å²) in [7, 11) is 0. The Kier molecular flexibility index (Phi) is 8.54. The van der Waals surface area contributed by atoms with Crippen LogP contribution in [0.3, 0.4) is 0 Å². The van der Waals surface area contributed by atoms with Crippen molar-refractivity contribution < 1.29 is 27.0 Å². The van der Waals surface area contributed by atoms with Crippen LogP contribution in [0, 0.1) is 23.3 Å². The molecule has 2 atom stereocenters. The van der Waals surface area contributed by atoms with E-state index in [-0.39, 0.29) is 11.1 Å². The van der Waals surface area contributed by atoms with Gasteiger partial charge in [-0.05, 0) is 48.5 Å². The van der Waals surface area contributed by atoms with E-state index >= 15 is 0 Å². The van der Waals surface area contributed by atoms with Gasteiger partial charge in [0.25, 0.3) is 0 Å². The van der Waals surface area contributed by atoms with E-state index in [0.29, 0.717) is 49.2 Å². The van der Waals surface area contributed by atoms with Crippen molar-refractivity contribution in [3.63, 3.8) is 0 Å². The maximum atomic E-state index is 14.3. The van der Waals surface area contributed by atoms with Crippen LogP contribution < -0.4 is 20.6 Å². The lowest BCUT2D eigenvalue weighted by molar-refractivity contribution is 0.126. The molecule has 0 saturated carbocycles. The third-order valence-electron chi connectivity index (χ3n) is 8.20. The molecule has 242 valence electrons. The van der Waals surface area contributed by atoms with Gasteiger partial charge in [0.2, 0.25) is 0 Å². The third-order valence-corrected chi connectivity index (χ3v) is 11.0. The molecule has 4 aromatic rings. The fourth-order valence-electron chi connectivity index (χ4n) is 5.99. The fraction of sp³-hybridized carbons (Fsp3) is 0.235. The summed E-state index contributed by atoms with van der Waals surface area (Å²) < 4.78 is 66.7. The van der Waals surface area contributed by atoms with Gasteiger partial charge in [0.1, 0.15) is 54.6 Å². The van der Waals surface area contributed by atoms with Gasteiger partial charge in [-0.2, -0.15) is 10.2 Å². The van der Waals surface area contributed by atoms with Crippen LogP contribution in [0.25, 0.3) is 0 Å². The molecule has 2 spiro atoms. The van der Waals surface area contributed by atoms with Gasteiger partial charge in [0.05, 0.1) is 19.8 Å². The summed E-state index contributed by atoms with van der Waals surface area (Å²) in [5, 5.41) is 11.6. The highest BCUT2D eigenvalue weighted by Crippen LogP contribution is 2.54. The molecule has 4 aromatic carbocycles. The van der Waals surface area contributed by atoms with Crippen LogP contribution in [-0.4, -0.2) is 41.4 Å². The molecule has 13 heteroatoms. The smallest absolute Gasteiger partial charge is 0.141 e. The average Bonchev–Trinajstić information content (AvgIpc) is 3.67. The number of thioether (sulfide) groups is 2. The molecule has 0 fully saturated rings. The molecule has 7 nitrogen and oxygen atoms in total. The van der Waals surface area contributed by atoms with Crippen molar-refractivity contribution in [2.24, 2.45) is 15.9 Å². The lowest BCUT2D eigenvalue weighted by atomic mass is 9.99. The number of hydrogen-bond acceptors (Lipinski definition) is 9. The number of ether oxygens (including phenoxy) is 2. The van der Waals surface area contributed by atoms with Crippen molar-refractivity contribution in [1.82, 2.24) is 10.4 Å². The lowest BCUT2D eigenvalue weighted by Gasteiger charge is -2.40. The summed E-state index contributed by atoms with van der Waals surface area (Å²) >= 11 is 2.84. The van der Waals surface area contributed by atoms with E-state index in [0.717, 1.165) is 46.9 Å². The minimum Gasteiger partial charge on any atom is -0.493 e. The Bertz CT molecular complexity index is 1900. The summed E-state index contributed by atoms with van der Waals surface area (Å²) in [4.78, 5) is -0.995. The third kappa shape index (κ3) is 5.80. The number of nitrogens with one attached hydrogen (secondary N) is 1. The van der Waals surface area contributed by atoms with Gasteiger partial charge in [0.15, 0.2) is 0 Å². The van der Waals surface area contributed by atoms with Crippen LogP contribution in [0.5, 0.6) is 11.5 Å². The van der Waals surface area contributed by atoms with E-state index in [2.05, 4.69) is 15.6 Å². The zero-order valence-corrected chi connectivity index (χ0v) is 26.5. The number of nitrogens with zero attached hydrogens (tertiary/aromatic N) is 3. The fourth-order valence-corrected chi connectivity index (χ4v) is 8.66. The lowest BCUT2D eigenvalue weighted by Crippen LogP contribution is -2.43. The van der Waals surface area contributed by atoms with Gasteiger partial charge in [0, 0.05) is 41.6 Å². The first-order valence-corrected chi connectivity index (χ1v) is 16.6. The van der Waals surface area contributed by atoms with Gasteiger partial charge < -0.3 is 15.2 Å². The molecule has 0 radical (unpaired) electrons. The normalized spacial score (nSPS) is 22.3.